The maximum atomic E-state index is 13.6. The SMILES string of the molecule is Cc1cc2oc3c(c(=O)c2cc1Cl)C(c1cccc(Cl)c1)N(Cc1ccccc1)C3=O. The summed E-state index contributed by atoms with van der Waals surface area (Å²) in [7, 11) is 0. The molecule has 0 fully saturated rings. The third-order valence-corrected chi connectivity index (χ3v) is 6.25. The molecule has 0 N–H and O–H groups in total. The average Bonchev–Trinajstić information content (AvgIpc) is 3.03. The molecule has 154 valence electrons. The van der Waals surface area contributed by atoms with E-state index in [2.05, 4.69) is 0 Å². The van der Waals surface area contributed by atoms with E-state index >= 15 is 0 Å². The van der Waals surface area contributed by atoms with Gasteiger partial charge in [0.05, 0.1) is 17.0 Å². The Hall–Kier alpha value is -3.08. The van der Waals surface area contributed by atoms with Gasteiger partial charge in [-0.2, -0.15) is 0 Å². The minimum atomic E-state index is -0.609. The van der Waals surface area contributed by atoms with Crippen molar-refractivity contribution in [2.75, 3.05) is 0 Å². The minimum Gasteiger partial charge on any atom is -0.450 e. The lowest BCUT2D eigenvalue weighted by atomic mass is 9.98. The van der Waals surface area contributed by atoms with Gasteiger partial charge in [-0.15, -0.1) is 0 Å². The zero-order valence-corrected chi connectivity index (χ0v) is 18.1. The van der Waals surface area contributed by atoms with Crippen LogP contribution in [0.2, 0.25) is 10.0 Å². The number of aryl methyl sites for hydroxylation is 1. The summed E-state index contributed by atoms with van der Waals surface area (Å²) in [6, 6.07) is 19.5. The Morgan fingerprint density at radius 1 is 0.968 bits per heavy atom. The highest BCUT2D eigenvalue weighted by molar-refractivity contribution is 6.32. The van der Waals surface area contributed by atoms with Crippen LogP contribution in [-0.2, 0) is 6.54 Å². The molecule has 0 saturated heterocycles. The van der Waals surface area contributed by atoms with Gasteiger partial charge in [-0.1, -0.05) is 65.7 Å². The molecule has 1 unspecified atom stereocenters. The van der Waals surface area contributed by atoms with E-state index in [9.17, 15) is 9.59 Å². The molecular weight excluding hydrogens is 433 g/mol. The normalized spacial score (nSPS) is 15.5. The van der Waals surface area contributed by atoms with Crippen molar-refractivity contribution in [2.24, 2.45) is 0 Å². The zero-order valence-electron chi connectivity index (χ0n) is 16.6. The third kappa shape index (κ3) is 3.32. The summed E-state index contributed by atoms with van der Waals surface area (Å²) in [4.78, 5) is 28.7. The number of amides is 1. The Morgan fingerprint density at radius 2 is 1.74 bits per heavy atom. The lowest BCUT2D eigenvalue weighted by Crippen LogP contribution is -2.29. The molecule has 5 rings (SSSR count). The fourth-order valence-corrected chi connectivity index (χ4v) is 4.47. The number of rotatable bonds is 3. The van der Waals surface area contributed by atoms with E-state index in [-0.39, 0.29) is 17.1 Å². The summed E-state index contributed by atoms with van der Waals surface area (Å²) in [6.07, 6.45) is 0. The molecule has 1 amide bonds. The van der Waals surface area contributed by atoms with E-state index in [1.807, 2.05) is 49.4 Å². The van der Waals surface area contributed by atoms with Gasteiger partial charge in [0.25, 0.3) is 5.91 Å². The Labute approximate surface area is 188 Å². The monoisotopic (exact) mass is 449 g/mol. The van der Waals surface area contributed by atoms with Crippen LogP contribution in [0.1, 0.15) is 38.9 Å². The summed E-state index contributed by atoms with van der Waals surface area (Å²) in [6.45, 7) is 2.16. The molecule has 6 heteroatoms. The van der Waals surface area contributed by atoms with E-state index in [1.165, 1.54) is 0 Å². The Morgan fingerprint density at radius 3 is 2.48 bits per heavy atom. The van der Waals surface area contributed by atoms with Gasteiger partial charge < -0.3 is 9.32 Å². The third-order valence-electron chi connectivity index (χ3n) is 5.61. The number of benzene rings is 3. The molecule has 1 atom stereocenters. The Kier molecular flexibility index (Phi) is 4.84. The van der Waals surface area contributed by atoms with Gasteiger partial charge in [0.2, 0.25) is 5.76 Å². The first kappa shape index (κ1) is 19.9. The van der Waals surface area contributed by atoms with Gasteiger partial charge in [0.15, 0.2) is 5.43 Å². The van der Waals surface area contributed by atoms with Crippen LogP contribution in [0.5, 0.6) is 0 Å². The smallest absolute Gasteiger partial charge is 0.291 e. The summed E-state index contributed by atoms with van der Waals surface area (Å²) < 4.78 is 6.00. The largest absolute Gasteiger partial charge is 0.450 e. The van der Waals surface area contributed by atoms with Crippen molar-refractivity contribution in [3.8, 4) is 0 Å². The molecule has 0 aliphatic carbocycles. The molecule has 1 aliphatic heterocycles. The second-order valence-electron chi connectivity index (χ2n) is 7.65. The molecular formula is C25H17Cl2NO3. The van der Waals surface area contributed by atoms with Crippen molar-refractivity contribution in [2.45, 2.75) is 19.5 Å². The average molecular weight is 450 g/mol. The maximum absolute atomic E-state index is 13.6. The fraction of sp³-hybridized carbons (Fsp3) is 0.120. The second kappa shape index (κ2) is 7.56. The molecule has 0 radical (unpaired) electrons. The van der Waals surface area contributed by atoms with Gasteiger partial charge in [0.1, 0.15) is 5.58 Å². The number of hydrogen-bond acceptors (Lipinski definition) is 3. The van der Waals surface area contributed by atoms with Crippen LogP contribution in [0.15, 0.2) is 75.9 Å². The molecule has 4 aromatic rings. The highest BCUT2D eigenvalue weighted by Gasteiger charge is 2.42. The van der Waals surface area contributed by atoms with Crippen molar-refractivity contribution in [1.82, 2.24) is 4.90 Å². The van der Waals surface area contributed by atoms with Gasteiger partial charge in [-0.05, 0) is 47.9 Å². The standard InChI is InChI=1S/C25H17Cl2NO3/c1-14-10-20-18(12-19(14)27)23(29)21-22(16-8-5-9-17(26)11-16)28(25(30)24(21)31-20)13-15-6-3-2-4-7-15/h2-12,22H,13H2,1H3. The number of fused-ring (bicyclic) bond motifs is 2. The van der Waals surface area contributed by atoms with Crippen molar-refractivity contribution >= 4 is 40.1 Å². The maximum Gasteiger partial charge on any atom is 0.291 e. The fourth-order valence-electron chi connectivity index (χ4n) is 4.11. The van der Waals surface area contributed by atoms with Crippen molar-refractivity contribution < 1.29 is 9.21 Å². The molecule has 31 heavy (non-hydrogen) atoms. The summed E-state index contributed by atoms with van der Waals surface area (Å²) in [5.74, 6) is -0.254. The van der Waals surface area contributed by atoms with Crippen molar-refractivity contribution in [1.29, 1.82) is 0 Å². The van der Waals surface area contributed by atoms with Gasteiger partial charge in [-0.3, -0.25) is 9.59 Å². The molecule has 1 aromatic heterocycles. The first-order valence-electron chi connectivity index (χ1n) is 9.81. The highest BCUT2D eigenvalue weighted by atomic mass is 35.5. The first-order valence-corrected chi connectivity index (χ1v) is 10.6. The Bertz CT molecular complexity index is 1400. The van der Waals surface area contributed by atoms with E-state index in [0.717, 1.165) is 16.7 Å². The lowest BCUT2D eigenvalue weighted by Gasteiger charge is -2.25. The van der Waals surface area contributed by atoms with Crippen LogP contribution in [0.3, 0.4) is 0 Å². The van der Waals surface area contributed by atoms with Crippen LogP contribution >= 0.6 is 23.2 Å². The lowest BCUT2D eigenvalue weighted by molar-refractivity contribution is 0.0714. The number of hydrogen-bond donors (Lipinski definition) is 0. The zero-order chi connectivity index (χ0) is 21.7. The number of halogens is 2. The number of carbonyl (C=O) groups is 1. The first-order chi connectivity index (χ1) is 14.9. The molecule has 0 spiro atoms. The Balaban J connectivity index is 1.76. The van der Waals surface area contributed by atoms with E-state index in [0.29, 0.717) is 33.1 Å². The summed E-state index contributed by atoms with van der Waals surface area (Å²) >= 11 is 12.5. The van der Waals surface area contributed by atoms with E-state index in [4.69, 9.17) is 27.6 Å². The second-order valence-corrected chi connectivity index (χ2v) is 8.49. The molecule has 0 bridgehead atoms. The molecule has 3 aromatic carbocycles. The number of nitrogens with zero attached hydrogens (tertiary/aromatic N) is 1. The molecule has 0 saturated carbocycles. The van der Waals surface area contributed by atoms with Crippen molar-refractivity contribution in [3.63, 3.8) is 0 Å². The van der Waals surface area contributed by atoms with Gasteiger partial charge >= 0.3 is 0 Å². The summed E-state index contributed by atoms with van der Waals surface area (Å²) in [5.41, 5.74) is 2.88. The minimum absolute atomic E-state index is 0.0696. The van der Waals surface area contributed by atoms with Crippen LogP contribution in [0.25, 0.3) is 11.0 Å². The quantitative estimate of drug-likeness (QED) is 0.376. The van der Waals surface area contributed by atoms with Crippen LogP contribution < -0.4 is 5.43 Å². The topological polar surface area (TPSA) is 50.5 Å². The molecule has 1 aliphatic rings. The van der Waals surface area contributed by atoms with Crippen molar-refractivity contribution in [3.05, 3.63) is 115 Å². The van der Waals surface area contributed by atoms with Crippen LogP contribution in [-0.4, -0.2) is 10.8 Å². The molecule has 2 heterocycles. The highest BCUT2D eigenvalue weighted by Crippen LogP contribution is 2.40. The number of carbonyl (C=O) groups excluding carboxylic acids is 1. The predicted molar refractivity (Wildman–Crippen MR) is 122 cm³/mol. The van der Waals surface area contributed by atoms with E-state index in [1.54, 1.807) is 29.2 Å². The molecule has 4 nitrogen and oxygen atoms in total. The van der Waals surface area contributed by atoms with Gasteiger partial charge in [0, 0.05) is 16.6 Å². The predicted octanol–water partition coefficient (Wildman–Crippen LogP) is 6.15. The van der Waals surface area contributed by atoms with E-state index < -0.39 is 6.04 Å². The summed E-state index contributed by atoms with van der Waals surface area (Å²) in [5, 5.41) is 1.36. The van der Waals surface area contributed by atoms with Crippen LogP contribution in [0.4, 0.5) is 0 Å². The van der Waals surface area contributed by atoms with Crippen LogP contribution in [0, 0.1) is 6.92 Å². The van der Waals surface area contributed by atoms with Gasteiger partial charge in [-0.25, -0.2) is 0 Å².